The highest BCUT2D eigenvalue weighted by molar-refractivity contribution is 8.00. The second-order valence-corrected chi connectivity index (χ2v) is 9.67. The maximum absolute atomic E-state index is 12.5. The van der Waals surface area contributed by atoms with E-state index in [2.05, 4.69) is 15.3 Å². The van der Waals surface area contributed by atoms with Crippen molar-refractivity contribution in [1.82, 2.24) is 15.3 Å². The molecule has 5 nitrogen and oxygen atoms in total. The number of aromatic nitrogens is 2. The molecule has 0 aliphatic heterocycles. The standard InChI is InChI=1S/C17H23N3O2S2/c1-9(13(21)20-17(2,3)4)23-16-18-14(22)12-10-7-5-6-8-11(10)24-15(12)19-16/h9H,5-8H2,1-4H3,(H,20,21)(H,18,19,22)/t9-/m0/s1. The Labute approximate surface area is 149 Å². The quantitative estimate of drug-likeness (QED) is 0.647. The fourth-order valence-electron chi connectivity index (χ4n) is 2.89. The number of hydrogen-bond donors (Lipinski definition) is 2. The molecule has 0 spiro atoms. The first-order valence-corrected chi connectivity index (χ1v) is 9.97. The molecule has 24 heavy (non-hydrogen) atoms. The average molecular weight is 366 g/mol. The molecule has 1 aliphatic carbocycles. The number of fused-ring (bicyclic) bond motifs is 3. The molecular formula is C17H23N3O2S2. The van der Waals surface area contributed by atoms with Gasteiger partial charge >= 0.3 is 0 Å². The third kappa shape index (κ3) is 3.67. The van der Waals surface area contributed by atoms with Gasteiger partial charge in [0.1, 0.15) is 4.83 Å². The van der Waals surface area contributed by atoms with E-state index in [9.17, 15) is 9.59 Å². The third-order valence-electron chi connectivity index (χ3n) is 3.96. The van der Waals surface area contributed by atoms with Gasteiger partial charge in [-0.05, 0) is 58.9 Å². The Kier molecular flexibility index (Phi) is 4.75. The van der Waals surface area contributed by atoms with Crippen molar-refractivity contribution >= 4 is 39.2 Å². The summed E-state index contributed by atoms with van der Waals surface area (Å²) in [6.45, 7) is 7.68. The summed E-state index contributed by atoms with van der Waals surface area (Å²) >= 11 is 2.92. The van der Waals surface area contributed by atoms with Crippen molar-refractivity contribution in [2.75, 3.05) is 0 Å². The molecule has 7 heteroatoms. The van der Waals surface area contributed by atoms with Crippen LogP contribution in [0.15, 0.2) is 9.95 Å². The molecule has 1 amide bonds. The van der Waals surface area contributed by atoms with E-state index in [0.29, 0.717) is 5.16 Å². The van der Waals surface area contributed by atoms with Gasteiger partial charge in [-0.15, -0.1) is 11.3 Å². The van der Waals surface area contributed by atoms with Crippen molar-refractivity contribution in [3.8, 4) is 0 Å². The predicted octanol–water partition coefficient (Wildman–Crippen LogP) is 3.26. The van der Waals surface area contributed by atoms with E-state index in [1.165, 1.54) is 28.6 Å². The zero-order valence-electron chi connectivity index (χ0n) is 14.5. The number of aryl methyl sites for hydroxylation is 2. The number of aromatic amines is 1. The summed E-state index contributed by atoms with van der Waals surface area (Å²) in [4.78, 5) is 34.3. The molecule has 2 N–H and O–H groups in total. The van der Waals surface area contributed by atoms with Gasteiger partial charge in [-0.3, -0.25) is 9.59 Å². The lowest BCUT2D eigenvalue weighted by molar-refractivity contribution is -0.121. The monoisotopic (exact) mass is 365 g/mol. The number of thioether (sulfide) groups is 1. The summed E-state index contributed by atoms with van der Waals surface area (Å²) in [5, 5.41) is 3.91. The van der Waals surface area contributed by atoms with Crippen LogP contribution in [0.3, 0.4) is 0 Å². The number of thiophene rings is 1. The highest BCUT2D eigenvalue weighted by Crippen LogP contribution is 2.34. The first-order chi connectivity index (χ1) is 11.2. The summed E-state index contributed by atoms with van der Waals surface area (Å²) in [5.41, 5.74) is 0.833. The number of H-pyrrole nitrogens is 1. The molecule has 1 atom stereocenters. The molecule has 2 aromatic rings. The Hall–Kier alpha value is -1.34. The summed E-state index contributed by atoms with van der Waals surface area (Å²) in [6, 6.07) is 0. The van der Waals surface area contributed by atoms with Gasteiger partial charge < -0.3 is 10.3 Å². The molecule has 0 radical (unpaired) electrons. The smallest absolute Gasteiger partial charge is 0.260 e. The van der Waals surface area contributed by atoms with Crippen molar-refractivity contribution in [1.29, 1.82) is 0 Å². The van der Waals surface area contributed by atoms with E-state index >= 15 is 0 Å². The van der Waals surface area contributed by atoms with Crippen LogP contribution in [0, 0.1) is 0 Å². The minimum Gasteiger partial charge on any atom is -0.351 e. The van der Waals surface area contributed by atoms with Crippen LogP contribution >= 0.6 is 23.1 Å². The van der Waals surface area contributed by atoms with Gasteiger partial charge in [0.05, 0.1) is 10.6 Å². The maximum atomic E-state index is 12.5. The van der Waals surface area contributed by atoms with Crippen LogP contribution in [0.5, 0.6) is 0 Å². The molecule has 2 heterocycles. The zero-order valence-corrected chi connectivity index (χ0v) is 16.1. The van der Waals surface area contributed by atoms with E-state index in [1.807, 2.05) is 27.7 Å². The van der Waals surface area contributed by atoms with Crippen LogP contribution in [0.2, 0.25) is 0 Å². The molecule has 0 bridgehead atoms. The molecule has 2 aromatic heterocycles. The second kappa shape index (κ2) is 6.52. The molecule has 130 valence electrons. The van der Waals surface area contributed by atoms with Crippen molar-refractivity contribution in [3.63, 3.8) is 0 Å². The van der Waals surface area contributed by atoms with E-state index < -0.39 is 0 Å². The SMILES string of the molecule is C[C@H](Sc1nc2sc3c(c2c(=O)[nH]1)CCCC3)C(=O)NC(C)(C)C. The predicted molar refractivity (Wildman–Crippen MR) is 100 cm³/mol. The van der Waals surface area contributed by atoms with E-state index in [0.717, 1.165) is 29.5 Å². The Bertz CT molecular complexity index is 833. The molecule has 0 saturated heterocycles. The topological polar surface area (TPSA) is 74.8 Å². The minimum absolute atomic E-state index is 0.0549. The van der Waals surface area contributed by atoms with Gasteiger partial charge in [-0.2, -0.15) is 0 Å². The lowest BCUT2D eigenvalue weighted by Gasteiger charge is -2.22. The van der Waals surface area contributed by atoms with Gasteiger partial charge in [0.2, 0.25) is 5.91 Å². The number of amides is 1. The molecule has 0 aromatic carbocycles. The fraction of sp³-hybridized carbons (Fsp3) is 0.588. The number of carbonyl (C=O) groups is 1. The average Bonchev–Trinajstić information content (AvgIpc) is 2.83. The number of rotatable bonds is 3. The Morgan fingerprint density at radius 3 is 2.75 bits per heavy atom. The first kappa shape index (κ1) is 17.5. The van der Waals surface area contributed by atoms with Crippen LogP contribution < -0.4 is 10.9 Å². The fourth-order valence-corrected chi connectivity index (χ4v) is 5.01. The maximum Gasteiger partial charge on any atom is 0.260 e. The van der Waals surface area contributed by atoms with Crippen molar-refractivity contribution in [2.24, 2.45) is 0 Å². The van der Waals surface area contributed by atoms with E-state index in [1.54, 1.807) is 11.3 Å². The first-order valence-electron chi connectivity index (χ1n) is 8.28. The van der Waals surface area contributed by atoms with Gasteiger partial charge in [0, 0.05) is 10.4 Å². The summed E-state index contributed by atoms with van der Waals surface area (Å²) in [6.07, 6.45) is 4.34. The lowest BCUT2D eigenvalue weighted by Crippen LogP contribution is -2.44. The van der Waals surface area contributed by atoms with Gasteiger partial charge in [-0.1, -0.05) is 11.8 Å². The van der Waals surface area contributed by atoms with Crippen molar-refractivity contribution in [3.05, 3.63) is 20.8 Å². The van der Waals surface area contributed by atoms with Crippen LogP contribution in [-0.4, -0.2) is 26.7 Å². The molecule has 1 aliphatic rings. The molecule has 0 unspecified atom stereocenters. The summed E-state index contributed by atoms with van der Waals surface area (Å²) < 4.78 is 0. The Morgan fingerprint density at radius 1 is 1.33 bits per heavy atom. The number of carbonyl (C=O) groups excluding carboxylic acids is 1. The van der Waals surface area contributed by atoms with Crippen LogP contribution in [0.25, 0.3) is 10.2 Å². The van der Waals surface area contributed by atoms with Crippen molar-refractivity contribution in [2.45, 2.75) is 69.3 Å². The third-order valence-corrected chi connectivity index (χ3v) is 6.13. The summed E-state index contributed by atoms with van der Waals surface area (Å²) in [5.74, 6) is -0.0549. The highest BCUT2D eigenvalue weighted by Gasteiger charge is 2.23. The minimum atomic E-state index is -0.320. The molecular weight excluding hydrogens is 342 g/mol. The Balaban J connectivity index is 1.86. The number of hydrogen-bond acceptors (Lipinski definition) is 5. The van der Waals surface area contributed by atoms with Crippen LogP contribution in [-0.2, 0) is 17.6 Å². The van der Waals surface area contributed by atoms with Gasteiger partial charge in [-0.25, -0.2) is 4.98 Å². The largest absolute Gasteiger partial charge is 0.351 e. The number of nitrogens with zero attached hydrogens (tertiary/aromatic N) is 1. The normalized spacial score (nSPS) is 16.0. The van der Waals surface area contributed by atoms with E-state index in [-0.39, 0.29) is 22.3 Å². The zero-order chi connectivity index (χ0) is 17.5. The van der Waals surface area contributed by atoms with Crippen molar-refractivity contribution < 1.29 is 4.79 Å². The lowest BCUT2D eigenvalue weighted by atomic mass is 9.97. The summed E-state index contributed by atoms with van der Waals surface area (Å²) in [7, 11) is 0. The van der Waals surface area contributed by atoms with Crippen LogP contribution in [0.4, 0.5) is 0 Å². The van der Waals surface area contributed by atoms with Crippen LogP contribution in [0.1, 0.15) is 51.0 Å². The van der Waals surface area contributed by atoms with Gasteiger partial charge in [0.15, 0.2) is 5.16 Å². The molecule has 3 rings (SSSR count). The highest BCUT2D eigenvalue weighted by atomic mass is 32.2. The molecule has 0 saturated carbocycles. The van der Waals surface area contributed by atoms with E-state index in [4.69, 9.17) is 0 Å². The molecule has 0 fully saturated rings. The second-order valence-electron chi connectivity index (χ2n) is 7.26. The Morgan fingerprint density at radius 2 is 2.04 bits per heavy atom. The van der Waals surface area contributed by atoms with Gasteiger partial charge in [0.25, 0.3) is 5.56 Å². The number of nitrogens with one attached hydrogen (secondary N) is 2.